The average Bonchev–Trinajstić information content (AvgIpc) is 2.95. The van der Waals surface area contributed by atoms with Crippen LogP contribution in [-0.2, 0) is 16.4 Å². The van der Waals surface area contributed by atoms with Gasteiger partial charge in [-0.2, -0.15) is 0 Å². The van der Waals surface area contributed by atoms with E-state index in [-0.39, 0.29) is 17.0 Å². The molecule has 1 aliphatic rings. The second kappa shape index (κ2) is 5.38. The van der Waals surface area contributed by atoms with Gasteiger partial charge in [-0.05, 0) is 25.2 Å². The van der Waals surface area contributed by atoms with Gasteiger partial charge in [-0.1, -0.05) is 6.92 Å². The quantitative estimate of drug-likeness (QED) is 0.724. The van der Waals surface area contributed by atoms with E-state index in [9.17, 15) is 13.5 Å². The molecule has 1 heterocycles. The van der Waals surface area contributed by atoms with Crippen LogP contribution in [0, 0.1) is 5.92 Å². The zero-order valence-electron chi connectivity index (χ0n) is 10.4. The minimum atomic E-state index is -3.50. The van der Waals surface area contributed by atoms with E-state index in [1.165, 1.54) is 6.20 Å². The number of aromatic nitrogens is 2. The predicted molar refractivity (Wildman–Crippen MR) is 66.5 cm³/mol. The molecule has 6 nitrogen and oxygen atoms in total. The Balaban J connectivity index is 1.95. The van der Waals surface area contributed by atoms with Crippen LogP contribution in [-0.4, -0.2) is 36.1 Å². The maximum atomic E-state index is 12.0. The van der Waals surface area contributed by atoms with Gasteiger partial charge in [-0.25, -0.2) is 18.1 Å². The Hall–Kier alpha value is -0.920. The lowest BCUT2D eigenvalue weighted by Gasteiger charge is -2.10. The molecule has 0 aliphatic heterocycles. The maximum Gasteiger partial charge on any atom is 0.257 e. The summed E-state index contributed by atoms with van der Waals surface area (Å²) in [5.41, 5.74) is 0. The fourth-order valence-electron chi connectivity index (χ4n) is 2.20. The van der Waals surface area contributed by atoms with E-state index in [4.69, 9.17) is 0 Å². The van der Waals surface area contributed by atoms with Gasteiger partial charge in [0.05, 0.1) is 12.3 Å². The topological polar surface area (TPSA) is 95.1 Å². The summed E-state index contributed by atoms with van der Waals surface area (Å²) in [6, 6.07) is 0. The molecule has 2 atom stereocenters. The molecule has 3 N–H and O–H groups in total. The Morgan fingerprint density at radius 3 is 2.89 bits per heavy atom. The molecule has 0 saturated heterocycles. The van der Waals surface area contributed by atoms with Gasteiger partial charge < -0.3 is 10.1 Å². The number of hydrogen-bond donors (Lipinski definition) is 3. The van der Waals surface area contributed by atoms with Gasteiger partial charge in [-0.3, -0.25) is 0 Å². The van der Waals surface area contributed by atoms with Gasteiger partial charge in [-0.15, -0.1) is 0 Å². The number of sulfonamides is 1. The predicted octanol–water partition coefficient (Wildman–Crippen LogP) is 0.411. The van der Waals surface area contributed by atoms with E-state index in [0.717, 1.165) is 12.8 Å². The number of aromatic amines is 1. The number of hydrogen-bond acceptors (Lipinski definition) is 4. The number of imidazole rings is 1. The molecule has 0 spiro atoms. The third-order valence-corrected chi connectivity index (χ3v) is 4.64. The molecule has 0 amide bonds. The number of H-pyrrole nitrogens is 1. The van der Waals surface area contributed by atoms with E-state index in [0.29, 0.717) is 25.2 Å². The van der Waals surface area contributed by atoms with Crippen molar-refractivity contribution in [3.05, 3.63) is 12.0 Å². The van der Waals surface area contributed by atoms with Gasteiger partial charge >= 0.3 is 0 Å². The molecule has 0 radical (unpaired) electrons. The van der Waals surface area contributed by atoms with Crippen LogP contribution < -0.4 is 4.72 Å². The maximum absolute atomic E-state index is 12.0. The van der Waals surface area contributed by atoms with E-state index < -0.39 is 10.0 Å². The van der Waals surface area contributed by atoms with Crippen molar-refractivity contribution in [1.82, 2.24) is 14.7 Å². The third-order valence-electron chi connectivity index (χ3n) is 3.31. The highest BCUT2D eigenvalue weighted by Gasteiger charge is 2.25. The first kappa shape index (κ1) is 13.5. The highest BCUT2D eigenvalue weighted by molar-refractivity contribution is 7.89. The molecular formula is C11H19N3O3S. The first-order valence-electron chi connectivity index (χ1n) is 6.23. The minimum absolute atomic E-state index is 0.109. The summed E-state index contributed by atoms with van der Waals surface area (Å²) in [4.78, 5) is 6.75. The van der Waals surface area contributed by atoms with E-state index in [1.54, 1.807) is 0 Å². The second-order valence-corrected chi connectivity index (χ2v) is 6.47. The number of aryl methyl sites for hydroxylation is 1. The van der Waals surface area contributed by atoms with Crippen LogP contribution in [0.2, 0.25) is 0 Å². The van der Waals surface area contributed by atoms with Crippen molar-refractivity contribution in [3.63, 3.8) is 0 Å². The zero-order valence-corrected chi connectivity index (χ0v) is 11.2. The number of nitrogens with zero attached hydrogens (tertiary/aromatic N) is 1. The van der Waals surface area contributed by atoms with Crippen LogP contribution in [0.25, 0.3) is 0 Å². The fourth-order valence-corrected chi connectivity index (χ4v) is 3.25. The van der Waals surface area contributed by atoms with Gasteiger partial charge in [0, 0.05) is 13.0 Å². The summed E-state index contributed by atoms with van der Waals surface area (Å²) in [6.07, 6.45) is 4.03. The number of nitrogens with one attached hydrogen (secondary N) is 2. The summed E-state index contributed by atoms with van der Waals surface area (Å²) < 4.78 is 26.5. The van der Waals surface area contributed by atoms with Crippen molar-refractivity contribution < 1.29 is 13.5 Å². The minimum Gasteiger partial charge on any atom is -0.393 e. The van der Waals surface area contributed by atoms with E-state index in [2.05, 4.69) is 14.7 Å². The molecule has 1 aromatic heterocycles. The highest BCUT2D eigenvalue weighted by Crippen LogP contribution is 2.24. The summed E-state index contributed by atoms with van der Waals surface area (Å²) >= 11 is 0. The smallest absolute Gasteiger partial charge is 0.257 e. The van der Waals surface area contributed by atoms with Gasteiger partial charge in [0.25, 0.3) is 10.0 Å². The lowest BCUT2D eigenvalue weighted by atomic mass is 10.1. The molecule has 1 aliphatic carbocycles. The van der Waals surface area contributed by atoms with Gasteiger partial charge in [0.1, 0.15) is 5.82 Å². The summed E-state index contributed by atoms with van der Waals surface area (Å²) in [6.45, 7) is 2.28. The second-order valence-electron chi connectivity index (χ2n) is 4.73. The first-order valence-corrected chi connectivity index (χ1v) is 7.71. The molecule has 0 aromatic carbocycles. The Morgan fingerprint density at radius 1 is 1.56 bits per heavy atom. The normalized spacial score (nSPS) is 24.6. The van der Waals surface area contributed by atoms with Crippen molar-refractivity contribution in [2.45, 2.75) is 43.7 Å². The van der Waals surface area contributed by atoms with Crippen molar-refractivity contribution in [3.8, 4) is 0 Å². The monoisotopic (exact) mass is 273 g/mol. The first-order chi connectivity index (χ1) is 8.51. The zero-order chi connectivity index (χ0) is 13.2. The van der Waals surface area contributed by atoms with Crippen LogP contribution in [0.4, 0.5) is 0 Å². The standard InChI is InChI=1S/C11H19N3O3S/c1-2-10-12-7-11(14-10)18(16,17)13-6-8-3-4-9(15)5-8/h7-9,13,15H,2-6H2,1H3,(H,12,14). The number of aliphatic hydroxyl groups excluding tert-OH is 1. The van der Waals surface area contributed by atoms with Gasteiger partial charge in [0.2, 0.25) is 0 Å². The Morgan fingerprint density at radius 2 is 2.33 bits per heavy atom. The fraction of sp³-hybridized carbons (Fsp3) is 0.727. The molecule has 18 heavy (non-hydrogen) atoms. The number of rotatable bonds is 5. The highest BCUT2D eigenvalue weighted by atomic mass is 32.2. The summed E-state index contributed by atoms with van der Waals surface area (Å²) in [7, 11) is -3.50. The van der Waals surface area contributed by atoms with Crippen LogP contribution in [0.3, 0.4) is 0 Å². The third kappa shape index (κ3) is 3.09. The molecule has 0 bridgehead atoms. The Labute approximate surface area is 107 Å². The lowest BCUT2D eigenvalue weighted by molar-refractivity contribution is 0.178. The van der Waals surface area contributed by atoms with Crippen molar-refractivity contribution in [2.24, 2.45) is 5.92 Å². The molecular weight excluding hydrogens is 254 g/mol. The molecule has 2 rings (SSSR count). The lowest BCUT2D eigenvalue weighted by Crippen LogP contribution is -2.29. The van der Waals surface area contributed by atoms with E-state index >= 15 is 0 Å². The Kier molecular flexibility index (Phi) is 4.04. The van der Waals surface area contributed by atoms with Crippen LogP contribution in [0.1, 0.15) is 32.0 Å². The molecule has 1 fully saturated rings. The molecule has 102 valence electrons. The summed E-state index contributed by atoms with van der Waals surface area (Å²) in [5, 5.41) is 9.50. The SMILES string of the molecule is CCc1ncc(S(=O)(=O)NCC2CCC(O)C2)[nH]1. The Bertz CT molecular complexity index is 497. The molecule has 1 saturated carbocycles. The van der Waals surface area contributed by atoms with Crippen molar-refractivity contribution >= 4 is 10.0 Å². The molecule has 7 heteroatoms. The van der Waals surface area contributed by atoms with Crippen molar-refractivity contribution in [2.75, 3.05) is 6.54 Å². The van der Waals surface area contributed by atoms with Gasteiger partial charge in [0.15, 0.2) is 5.03 Å². The summed E-state index contributed by atoms with van der Waals surface area (Å²) in [5.74, 6) is 0.884. The van der Waals surface area contributed by atoms with Crippen LogP contribution in [0.15, 0.2) is 11.2 Å². The average molecular weight is 273 g/mol. The van der Waals surface area contributed by atoms with Crippen LogP contribution in [0.5, 0.6) is 0 Å². The molecule has 1 aromatic rings. The molecule has 2 unspecified atom stereocenters. The van der Waals surface area contributed by atoms with Crippen molar-refractivity contribution in [1.29, 1.82) is 0 Å². The number of aliphatic hydroxyl groups is 1. The van der Waals surface area contributed by atoms with Crippen LogP contribution >= 0.6 is 0 Å². The van der Waals surface area contributed by atoms with E-state index in [1.807, 2.05) is 6.92 Å². The largest absolute Gasteiger partial charge is 0.393 e.